The van der Waals surface area contributed by atoms with Crippen molar-refractivity contribution in [1.82, 2.24) is 0 Å². The van der Waals surface area contributed by atoms with E-state index in [0.717, 1.165) is 5.56 Å². The number of ether oxygens (including phenoxy) is 2. The fraction of sp³-hybridized carbons (Fsp3) is 0.200. The van der Waals surface area contributed by atoms with Gasteiger partial charge in [0.15, 0.2) is 0 Å². The summed E-state index contributed by atoms with van der Waals surface area (Å²) in [6, 6.07) is 9.75. The first-order valence-electron chi connectivity index (χ1n) is 6.38. The monoisotopic (exact) mass is 341 g/mol. The second-order valence-corrected chi connectivity index (χ2v) is 6.67. The average Bonchev–Trinajstić information content (AvgIpc) is 2.48. The molecular weight excluding hydrogens is 326 g/mol. The Morgan fingerprint density at radius 1 is 1.00 bits per heavy atom. The summed E-state index contributed by atoms with van der Waals surface area (Å²) >= 11 is 5.99. The molecule has 0 radical (unpaired) electrons. The molecule has 7 heteroatoms. The lowest BCUT2D eigenvalue weighted by Crippen LogP contribution is -2.14. The Kier molecular flexibility index (Phi) is 4.83. The van der Waals surface area contributed by atoms with Gasteiger partial charge in [-0.1, -0.05) is 29.3 Å². The van der Waals surface area contributed by atoms with E-state index in [9.17, 15) is 8.42 Å². The van der Waals surface area contributed by atoms with E-state index in [0.29, 0.717) is 5.69 Å². The lowest BCUT2D eigenvalue weighted by Gasteiger charge is -2.14. The van der Waals surface area contributed by atoms with Gasteiger partial charge >= 0.3 is 0 Å². The predicted octanol–water partition coefficient (Wildman–Crippen LogP) is 3.47. The minimum atomic E-state index is -3.83. The summed E-state index contributed by atoms with van der Waals surface area (Å²) in [4.78, 5) is -0.0446. The fourth-order valence-electron chi connectivity index (χ4n) is 1.87. The molecule has 0 heterocycles. The van der Waals surface area contributed by atoms with Gasteiger partial charge in [0, 0.05) is 17.8 Å². The number of halogens is 1. The molecule has 22 heavy (non-hydrogen) atoms. The highest BCUT2D eigenvalue weighted by molar-refractivity contribution is 7.92. The molecule has 0 aliphatic heterocycles. The Bertz CT molecular complexity index is 773. The molecule has 0 bridgehead atoms. The highest BCUT2D eigenvalue weighted by atomic mass is 35.5. The maximum absolute atomic E-state index is 12.6. The molecule has 2 aromatic rings. The first-order chi connectivity index (χ1) is 10.4. The van der Waals surface area contributed by atoms with Gasteiger partial charge in [0.25, 0.3) is 10.0 Å². The Morgan fingerprint density at radius 2 is 1.59 bits per heavy atom. The Labute approximate surface area is 134 Å². The quantitative estimate of drug-likeness (QED) is 0.904. The van der Waals surface area contributed by atoms with Gasteiger partial charge in [-0.15, -0.1) is 0 Å². The van der Waals surface area contributed by atoms with E-state index >= 15 is 0 Å². The summed E-state index contributed by atoms with van der Waals surface area (Å²) < 4.78 is 37.8. The predicted molar refractivity (Wildman–Crippen MR) is 86.5 cm³/mol. The van der Waals surface area contributed by atoms with E-state index in [-0.39, 0.29) is 21.4 Å². The molecule has 0 saturated carbocycles. The summed E-state index contributed by atoms with van der Waals surface area (Å²) in [5, 5.41) is 0.272. The number of hydrogen-bond acceptors (Lipinski definition) is 4. The van der Waals surface area contributed by atoms with Gasteiger partial charge in [-0.2, -0.15) is 0 Å². The summed E-state index contributed by atoms with van der Waals surface area (Å²) in [6.45, 7) is 1.92. The third-order valence-electron chi connectivity index (χ3n) is 3.03. The number of methoxy groups -OCH3 is 2. The van der Waals surface area contributed by atoms with Crippen LogP contribution in [0.2, 0.25) is 5.02 Å². The number of aryl methyl sites for hydroxylation is 1. The first-order valence-corrected chi connectivity index (χ1v) is 8.24. The van der Waals surface area contributed by atoms with Crippen molar-refractivity contribution in [2.75, 3.05) is 18.9 Å². The topological polar surface area (TPSA) is 64.6 Å². The molecule has 0 aliphatic carbocycles. The van der Waals surface area contributed by atoms with Crippen LogP contribution in [0.4, 0.5) is 5.69 Å². The average molecular weight is 342 g/mol. The van der Waals surface area contributed by atoms with Crippen molar-refractivity contribution in [1.29, 1.82) is 0 Å². The third-order valence-corrected chi connectivity index (χ3v) is 4.73. The molecule has 0 amide bonds. The van der Waals surface area contributed by atoms with Crippen LogP contribution < -0.4 is 14.2 Å². The van der Waals surface area contributed by atoms with Gasteiger partial charge in [-0.25, -0.2) is 8.42 Å². The largest absolute Gasteiger partial charge is 0.495 e. The molecule has 0 spiro atoms. The van der Waals surface area contributed by atoms with Crippen LogP contribution in [-0.2, 0) is 10.0 Å². The van der Waals surface area contributed by atoms with Crippen molar-refractivity contribution in [3.05, 3.63) is 47.0 Å². The second-order valence-electron chi connectivity index (χ2n) is 4.61. The number of nitrogens with one attached hydrogen (secondary N) is 1. The Balaban J connectivity index is 2.46. The zero-order valence-electron chi connectivity index (χ0n) is 12.4. The van der Waals surface area contributed by atoms with Gasteiger partial charge in [-0.3, -0.25) is 4.72 Å². The van der Waals surface area contributed by atoms with E-state index in [4.69, 9.17) is 21.1 Å². The summed E-state index contributed by atoms with van der Waals surface area (Å²) in [6.07, 6.45) is 0. The lowest BCUT2D eigenvalue weighted by atomic mass is 10.2. The van der Waals surface area contributed by atoms with Crippen molar-refractivity contribution in [3.8, 4) is 11.5 Å². The van der Waals surface area contributed by atoms with Gasteiger partial charge in [-0.05, 0) is 19.1 Å². The molecule has 5 nitrogen and oxygen atoms in total. The molecule has 0 atom stereocenters. The summed E-state index contributed by atoms with van der Waals surface area (Å²) in [7, 11) is -1.04. The van der Waals surface area contributed by atoms with Crippen molar-refractivity contribution in [2.45, 2.75) is 11.8 Å². The first kappa shape index (κ1) is 16.5. The minimum absolute atomic E-state index is 0.0446. The van der Waals surface area contributed by atoms with Crippen LogP contribution in [0.25, 0.3) is 0 Å². The van der Waals surface area contributed by atoms with Crippen molar-refractivity contribution < 1.29 is 17.9 Å². The molecule has 0 saturated heterocycles. The van der Waals surface area contributed by atoms with Crippen LogP contribution in [0.5, 0.6) is 11.5 Å². The van der Waals surface area contributed by atoms with E-state index < -0.39 is 10.0 Å². The molecule has 2 aromatic carbocycles. The lowest BCUT2D eigenvalue weighted by molar-refractivity contribution is 0.392. The number of anilines is 1. The van der Waals surface area contributed by atoms with Crippen LogP contribution >= 0.6 is 11.6 Å². The number of benzene rings is 2. The van der Waals surface area contributed by atoms with Crippen molar-refractivity contribution in [2.24, 2.45) is 0 Å². The zero-order chi connectivity index (χ0) is 16.3. The van der Waals surface area contributed by atoms with E-state index in [1.807, 2.05) is 19.1 Å². The standard InChI is InChI=1S/C15H16ClNO4S/c1-10-4-6-11(7-5-10)17-22(18,19)15-9-13(20-2)12(16)8-14(15)21-3/h4-9,17H,1-3H3. The molecule has 0 aromatic heterocycles. The van der Waals surface area contributed by atoms with Crippen LogP contribution in [0, 0.1) is 6.92 Å². The molecular formula is C15H16ClNO4S. The van der Waals surface area contributed by atoms with Gasteiger partial charge in [0.05, 0.1) is 19.2 Å². The van der Waals surface area contributed by atoms with Crippen LogP contribution in [-0.4, -0.2) is 22.6 Å². The Morgan fingerprint density at radius 3 is 2.14 bits per heavy atom. The minimum Gasteiger partial charge on any atom is -0.495 e. The van der Waals surface area contributed by atoms with Crippen molar-refractivity contribution in [3.63, 3.8) is 0 Å². The summed E-state index contributed by atoms with van der Waals surface area (Å²) in [5.41, 5.74) is 1.50. The van der Waals surface area contributed by atoms with Crippen LogP contribution in [0.1, 0.15) is 5.56 Å². The highest BCUT2D eigenvalue weighted by Crippen LogP contribution is 2.35. The SMILES string of the molecule is COc1cc(S(=O)(=O)Nc2ccc(C)cc2)c(OC)cc1Cl. The maximum Gasteiger partial charge on any atom is 0.265 e. The second kappa shape index (κ2) is 6.46. The van der Waals surface area contributed by atoms with Crippen molar-refractivity contribution >= 4 is 27.3 Å². The molecule has 118 valence electrons. The maximum atomic E-state index is 12.6. The molecule has 0 aliphatic rings. The van der Waals surface area contributed by atoms with E-state index in [1.54, 1.807) is 12.1 Å². The summed E-state index contributed by atoms with van der Waals surface area (Å²) in [5.74, 6) is 0.400. The number of rotatable bonds is 5. The van der Waals surface area contributed by atoms with E-state index in [1.165, 1.54) is 26.4 Å². The fourth-order valence-corrected chi connectivity index (χ4v) is 3.33. The van der Waals surface area contributed by atoms with Crippen LogP contribution in [0.3, 0.4) is 0 Å². The van der Waals surface area contributed by atoms with E-state index in [2.05, 4.69) is 4.72 Å². The zero-order valence-corrected chi connectivity index (χ0v) is 14.0. The van der Waals surface area contributed by atoms with Gasteiger partial charge in [0.2, 0.25) is 0 Å². The smallest absolute Gasteiger partial charge is 0.265 e. The molecule has 0 unspecified atom stereocenters. The van der Waals surface area contributed by atoms with Gasteiger partial charge < -0.3 is 9.47 Å². The molecule has 2 rings (SSSR count). The number of hydrogen-bond donors (Lipinski definition) is 1. The van der Waals surface area contributed by atoms with Crippen LogP contribution in [0.15, 0.2) is 41.3 Å². The Hall–Kier alpha value is -1.92. The third kappa shape index (κ3) is 3.45. The molecule has 1 N–H and O–H groups in total. The number of sulfonamides is 1. The highest BCUT2D eigenvalue weighted by Gasteiger charge is 2.22. The normalized spacial score (nSPS) is 11.1. The van der Waals surface area contributed by atoms with Gasteiger partial charge in [0.1, 0.15) is 16.4 Å². The molecule has 0 fully saturated rings.